The largest absolute Gasteiger partial charge is 0.396 e. The summed E-state index contributed by atoms with van der Waals surface area (Å²) in [7, 11) is -2.84. The first-order valence-corrected chi connectivity index (χ1v) is 9.22. The third kappa shape index (κ3) is 4.57. The van der Waals surface area contributed by atoms with Crippen LogP contribution < -0.4 is 10.6 Å². The van der Waals surface area contributed by atoms with Gasteiger partial charge in [-0.15, -0.1) is 0 Å². The summed E-state index contributed by atoms with van der Waals surface area (Å²) in [5.41, 5.74) is 6.65. The van der Waals surface area contributed by atoms with Crippen LogP contribution in [0.2, 0.25) is 0 Å². The van der Waals surface area contributed by atoms with Crippen molar-refractivity contribution >= 4 is 21.3 Å². The number of nitrogens with zero attached hydrogens (tertiary/aromatic N) is 3. The summed E-state index contributed by atoms with van der Waals surface area (Å²) < 4.78 is 22.9. The Balaban J connectivity index is 1.77. The number of nitrogens with two attached hydrogens (primary N) is 1. The first-order chi connectivity index (χ1) is 10.0. The molecule has 118 valence electrons. The Kier molecular flexibility index (Phi) is 5.41. The fourth-order valence-corrected chi connectivity index (χ4v) is 3.37. The van der Waals surface area contributed by atoms with Crippen molar-refractivity contribution in [2.75, 3.05) is 54.9 Å². The third-order valence-corrected chi connectivity index (χ3v) is 5.65. The molecular formula is C14H24N4O2S. The van der Waals surface area contributed by atoms with Crippen molar-refractivity contribution < 1.29 is 8.42 Å². The molecule has 0 atom stereocenters. The Morgan fingerprint density at radius 3 is 2.62 bits per heavy atom. The second-order valence-corrected chi connectivity index (χ2v) is 7.81. The van der Waals surface area contributed by atoms with Crippen molar-refractivity contribution in [3.05, 3.63) is 18.3 Å². The fraction of sp³-hybridized carbons (Fsp3) is 0.643. The van der Waals surface area contributed by atoms with E-state index >= 15 is 0 Å². The second-order valence-electron chi connectivity index (χ2n) is 5.33. The topological polar surface area (TPSA) is 79.5 Å². The van der Waals surface area contributed by atoms with Crippen molar-refractivity contribution in [2.24, 2.45) is 0 Å². The molecule has 7 heteroatoms. The zero-order valence-electron chi connectivity index (χ0n) is 12.5. The number of aromatic nitrogens is 1. The average molecular weight is 312 g/mol. The van der Waals surface area contributed by atoms with Crippen molar-refractivity contribution in [3.63, 3.8) is 0 Å². The number of pyridine rings is 1. The summed E-state index contributed by atoms with van der Waals surface area (Å²) in [5, 5.41) is 0. The molecule has 1 aliphatic rings. The van der Waals surface area contributed by atoms with Crippen molar-refractivity contribution in [1.29, 1.82) is 0 Å². The molecule has 0 saturated carbocycles. The van der Waals surface area contributed by atoms with Crippen LogP contribution in [0.4, 0.5) is 11.5 Å². The predicted molar refractivity (Wildman–Crippen MR) is 86.2 cm³/mol. The van der Waals surface area contributed by atoms with Crippen LogP contribution in [0.15, 0.2) is 18.3 Å². The van der Waals surface area contributed by atoms with Crippen molar-refractivity contribution in [3.8, 4) is 0 Å². The molecule has 0 aromatic carbocycles. The maximum absolute atomic E-state index is 11.5. The first-order valence-electron chi connectivity index (χ1n) is 7.40. The van der Waals surface area contributed by atoms with Crippen LogP contribution in [0.3, 0.4) is 0 Å². The zero-order chi connectivity index (χ0) is 15.3. The molecule has 1 aromatic rings. The molecule has 0 amide bonds. The number of piperazine rings is 1. The Hall–Kier alpha value is -1.34. The lowest BCUT2D eigenvalue weighted by Gasteiger charge is -2.35. The van der Waals surface area contributed by atoms with Crippen LogP contribution in [0, 0.1) is 0 Å². The number of anilines is 2. The normalized spacial score (nSPS) is 17.1. The highest BCUT2D eigenvalue weighted by Gasteiger charge is 2.19. The van der Waals surface area contributed by atoms with Gasteiger partial charge in [-0.2, -0.15) is 0 Å². The summed E-state index contributed by atoms with van der Waals surface area (Å²) in [6.45, 7) is 6.13. The Morgan fingerprint density at radius 1 is 1.29 bits per heavy atom. The van der Waals surface area contributed by atoms with E-state index in [2.05, 4.69) is 14.8 Å². The van der Waals surface area contributed by atoms with E-state index in [-0.39, 0.29) is 11.5 Å². The lowest BCUT2D eigenvalue weighted by atomic mass is 10.2. The van der Waals surface area contributed by atoms with Gasteiger partial charge in [0.1, 0.15) is 9.84 Å². The van der Waals surface area contributed by atoms with Crippen molar-refractivity contribution in [1.82, 2.24) is 9.88 Å². The van der Waals surface area contributed by atoms with Gasteiger partial charge in [-0.1, -0.05) is 6.92 Å². The van der Waals surface area contributed by atoms with E-state index < -0.39 is 9.84 Å². The number of hydrogen-bond donors (Lipinski definition) is 1. The highest BCUT2D eigenvalue weighted by molar-refractivity contribution is 7.91. The van der Waals surface area contributed by atoms with Crippen LogP contribution in [0.1, 0.15) is 13.3 Å². The van der Waals surface area contributed by atoms with E-state index in [1.165, 1.54) is 0 Å². The van der Waals surface area contributed by atoms with E-state index in [1.54, 1.807) is 13.1 Å². The van der Waals surface area contributed by atoms with Crippen LogP contribution in [-0.2, 0) is 9.84 Å². The van der Waals surface area contributed by atoms with Gasteiger partial charge >= 0.3 is 0 Å². The summed E-state index contributed by atoms with van der Waals surface area (Å²) in [5.74, 6) is 1.38. The van der Waals surface area contributed by atoms with Crippen molar-refractivity contribution in [2.45, 2.75) is 13.3 Å². The summed E-state index contributed by atoms with van der Waals surface area (Å²) >= 11 is 0. The molecule has 1 fully saturated rings. The van der Waals surface area contributed by atoms with Crippen LogP contribution in [-0.4, -0.2) is 62.5 Å². The van der Waals surface area contributed by atoms with Gasteiger partial charge in [0.2, 0.25) is 0 Å². The molecule has 6 nitrogen and oxygen atoms in total. The second kappa shape index (κ2) is 7.09. The molecule has 0 unspecified atom stereocenters. The monoisotopic (exact) mass is 312 g/mol. The van der Waals surface area contributed by atoms with E-state index in [9.17, 15) is 8.42 Å². The lowest BCUT2D eigenvalue weighted by Crippen LogP contribution is -2.47. The van der Waals surface area contributed by atoms with Gasteiger partial charge < -0.3 is 10.6 Å². The van der Waals surface area contributed by atoms with Gasteiger partial charge in [0.15, 0.2) is 5.82 Å². The Bertz CT molecular complexity index is 554. The SMILES string of the molecule is CCS(=O)(=O)CCCN1CCN(c2ncccc2N)CC1. The molecular weight excluding hydrogens is 288 g/mol. The van der Waals surface area contributed by atoms with E-state index in [0.717, 1.165) is 38.5 Å². The Morgan fingerprint density at radius 2 is 2.00 bits per heavy atom. The third-order valence-electron chi connectivity index (χ3n) is 3.86. The highest BCUT2D eigenvalue weighted by Crippen LogP contribution is 2.20. The summed E-state index contributed by atoms with van der Waals surface area (Å²) in [6, 6.07) is 3.70. The molecule has 1 saturated heterocycles. The van der Waals surface area contributed by atoms with Gasteiger partial charge in [-0.3, -0.25) is 4.90 Å². The molecule has 2 N–H and O–H groups in total. The van der Waals surface area contributed by atoms with E-state index in [0.29, 0.717) is 12.1 Å². The molecule has 0 bridgehead atoms. The number of rotatable bonds is 6. The first kappa shape index (κ1) is 16.0. The maximum Gasteiger partial charge on any atom is 0.151 e. The van der Waals surface area contributed by atoms with Crippen LogP contribution in [0.25, 0.3) is 0 Å². The number of sulfone groups is 1. The van der Waals surface area contributed by atoms with Gasteiger partial charge in [0.25, 0.3) is 0 Å². The van der Waals surface area contributed by atoms with Gasteiger partial charge in [-0.05, 0) is 25.1 Å². The smallest absolute Gasteiger partial charge is 0.151 e. The highest BCUT2D eigenvalue weighted by atomic mass is 32.2. The van der Waals surface area contributed by atoms with E-state index in [4.69, 9.17) is 5.73 Å². The summed E-state index contributed by atoms with van der Waals surface area (Å²) in [6.07, 6.45) is 2.47. The Labute approximate surface area is 126 Å². The molecule has 2 rings (SSSR count). The van der Waals surface area contributed by atoms with Gasteiger partial charge in [0.05, 0.1) is 11.4 Å². The zero-order valence-corrected chi connectivity index (χ0v) is 13.3. The standard InChI is InChI=1S/C14H24N4O2S/c1-2-21(19,20)12-4-7-17-8-10-18(11-9-17)14-13(15)5-3-6-16-14/h3,5-6H,2,4,7-12,15H2,1H3. The quantitative estimate of drug-likeness (QED) is 0.829. The molecule has 1 aromatic heterocycles. The maximum atomic E-state index is 11.5. The molecule has 0 spiro atoms. The minimum absolute atomic E-state index is 0.236. The van der Waals surface area contributed by atoms with Crippen LogP contribution >= 0.6 is 0 Å². The predicted octanol–water partition coefficient (Wildman–Crippen LogP) is 0.611. The number of nitrogen functional groups attached to an aromatic ring is 1. The molecule has 1 aliphatic heterocycles. The fourth-order valence-electron chi connectivity index (χ4n) is 2.51. The van der Waals surface area contributed by atoms with Gasteiger partial charge in [0, 0.05) is 38.1 Å². The average Bonchev–Trinajstić information content (AvgIpc) is 2.48. The molecule has 0 aliphatic carbocycles. The lowest BCUT2D eigenvalue weighted by molar-refractivity contribution is 0.258. The molecule has 21 heavy (non-hydrogen) atoms. The minimum atomic E-state index is -2.84. The minimum Gasteiger partial charge on any atom is -0.396 e. The van der Waals surface area contributed by atoms with Gasteiger partial charge in [-0.25, -0.2) is 13.4 Å². The molecule has 2 heterocycles. The van der Waals surface area contributed by atoms with Crippen LogP contribution in [0.5, 0.6) is 0 Å². The van der Waals surface area contributed by atoms with E-state index in [1.807, 2.05) is 12.1 Å². The number of hydrogen-bond acceptors (Lipinski definition) is 6. The molecule has 0 radical (unpaired) electrons. The summed E-state index contributed by atoms with van der Waals surface area (Å²) in [4.78, 5) is 8.83.